The fraction of sp³-hybridized carbons (Fsp3) is 0.312. The van der Waals surface area contributed by atoms with Crippen LogP contribution in [0.1, 0.15) is 37.1 Å². The Labute approximate surface area is 119 Å². The maximum atomic E-state index is 9.98. The minimum atomic E-state index is 0.000283. The highest BCUT2D eigenvalue weighted by Crippen LogP contribution is 2.29. The third-order valence-corrected chi connectivity index (χ3v) is 3.39. The fourth-order valence-electron chi connectivity index (χ4n) is 2.20. The molecule has 0 saturated heterocycles. The number of phenolic OH excluding ortho intramolecular Hbond substituents is 1. The standard InChI is InChI=1S/C16H20N2O2/c1-11(13-5-4-8-17-10-13)18-12(2)15-9-14(20-3)6-7-16(15)19/h4-12,18-19H,1-3H3/t11-,12?/m0/s1. The summed E-state index contributed by atoms with van der Waals surface area (Å²) in [7, 11) is 1.62. The molecule has 0 bridgehead atoms. The minimum Gasteiger partial charge on any atom is -0.508 e. The van der Waals surface area contributed by atoms with Crippen molar-refractivity contribution in [1.82, 2.24) is 10.3 Å². The first kappa shape index (κ1) is 14.3. The second-order valence-corrected chi connectivity index (χ2v) is 4.82. The van der Waals surface area contributed by atoms with Crippen molar-refractivity contribution in [3.8, 4) is 11.5 Å². The first-order valence-corrected chi connectivity index (χ1v) is 6.64. The molecule has 1 aromatic carbocycles. The molecule has 0 spiro atoms. The van der Waals surface area contributed by atoms with E-state index in [9.17, 15) is 5.11 Å². The first-order chi connectivity index (χ1) is 9.61. The molecule has 0 saturated carbocycles. The Balaban J connectivity index is 2.14. The molecule has 0 radical (unpaired) electrons. The summed E-state index contributed by atoms with van der Waals surface area (Å²) < 4.78 is 5.20. The van der Waals surface area contributed by atoms with Crippen LogP contribution in [0, 0.1) is 0 Å². The van der Waals surface area contributed by atoms with Crippen molar-refractivity contribution < 1.29 is 9.84 Å². The maximum absolute atomic E-state index is 9.98. The second kappa shape index (κ2) is 6.39. The number of benzene rings is 1. The zero-order valence-electron chi connectivity index (χ0n) is 12.0. The summed E-state index contributed by atoms with van der Waals surface area (Å²) in [4.78, 5) is 4.12. The summed E-state index contributed by atoms with van der Waals surface area (Å²) in [6.45, 7) is 4.09. The Bertz CT molecular complexity index is 558. The lowest BCUT2D eigenvalue weighted by molar-refractivity contribution is 0.405. The van der Waals surface area contributed by atoms with Gasteiger partial charge in [-0.25, -0.2) is 0 Å². The molecule has 4 nitrogen and oxygen atoms in total. The summed E-state index contributed by atoms with van der Waals surface area (Å²) in [6, 6.07) is 9.34. The van der Waals surface area contributed by atoms with E-state index in [0.717, 1.165) is 16.9 Å². The third-order valence-electron chi connectivity index (χ3n) is 3.39. The number of hydrogen-bond acceptors (Lipinski definition) is 4. The number of rotatable bonds is 5. The van der Waals surface area contributed by atoms with Crippen molar-refractivity contribution in [3.63, 3.8) is 0 Å². The van der Waals surface area contributed by atoms with Crippen LogP contribution in [0.25, 0.3) is 0 Å². The van der Waals surface area contributed by atoms with Crippen LogP contribution in [0.3, 0.4) is 0 Å². The van der Waals surface area contributed by atoms with Gasteiger partial charge in [-0.3, -0.25) is 4.98 Å². The van der Waals surface area contributed by atoms with Crippen LogP contribution in [0.4, 0.5) is 0 Å². The lowest BCUT2D eigenvalue weighted by Gasteiger charge is -2.21. The number of nitrogens with one attached hydrogen (secondary N) is 1. The van der Waals surface area contributed by atoms with Crippen LogP contribution < -0.4 is 10.1 Å². The van der Waals surface area contributed by atoms with Crippen molar-refractivity contribution >= 4 is 0 Å². The van der Waals surface area contributed by atoms with E-state index in [0.29, 0.717) is 0 Å². The molecule has 2 N–H and O–H groups in total. The molecule has 1 heterocycles. The predicted octanol–water partition coefficient (Wildman–Crippen LogP) is 3.21. The van der Waals surface area contributed by atoms with E-state index < -0.39 is 0 Å². The highest BCUT2D eigenvalue weighted by Gasteiger charge is 2.15. The normalized spacial score (nSPS) is 13.8. The van der Waals surface area contributed by atoms with Crippen molar-refractivity contribution in [2.45, 2.75) is 25.9 Å². The summed E-state index contributed by atoms with van der Waals surface area (Å²) >= 11 is 0. The largest absolute Gasteiger partial charge is 0.508 e. The Morgan fingerprint density at radius 3 is 2.65 bits per heavy atom. The quantitative estimate of drug-likeness (QED) is 0.877. The number of aromatic hydroxyl groups is 1. The van der Waals surface area contributed by atoms with E-state index in [2.05, 4.69) is 17.2 Å². The lowest BCUT2D eigenvalue weighted by Crippen LogP contribution is -2.22. The van der Waals surface area contributed by atoms with E-state index in [1.165, 1.54) is 0 Å². The van der Waals surface area contributed by atoms with Gasteiger partial charge >= 0.3 is 0 Å². The van der Waals surface area contributed by atoms with E-state index in [4.69, 9.17) is 4.74 Å². The minimum absolute atomic E-state index is 0.000283. The zero-order chi connectivity index (χ0) is 14.5. The van der Waals surface area contributed by atoms with Gasteiger partial charge in [0.2, 0.25) is 0 Å². The maximum Gasteiger partial charge on any atom is 0.120 e. The molecule has 0 fully saturated rings. The van der Waals surface area contributed by atoms with Gasteiger partial charge in [0, 0.05) is 30.0 Å². The van der Waals surface area contributed by atoms with Gasteiger partial charge in [-0.2, -0.15) is 0 Å². The predicted molar refractivity (Wildman–Crippen MR) is 78.9 cm³/mol. The van der Waals surface area contributed by atoms with Crippen LogP contribution >= 0.6 is 0 Å². The van der Waals surface area contributed by atoms with Gasteiger partial charge in [0.15, 0.2) is 0 Å². The molecule has 1 aromatic heterocycles. The van der Waals surface area contributed by atoms with Gasteiger partial charge in [0.25, 0.3) is 0 Å². The lowest BCUT2D eigenvalue weighted by atomic mass is 10.0. The van der Waals surface area contributed by atoms with Gasteiger partial charge in [0.05, 0.1) is 7.11 Å². The van der Waals surface area contributed by atoms with Crippen LogP contribution in [0.15, 0.2) is 42.7 Å². The highest BCUT2D eigenvalue weighted by atomic mass is 16.5. The fourth-order valence-corrected chi connectivity index (χ4v) is 2.20. The SMILES string of the molecule is COc1ccc(O)c(C(C)N[C@@H](C)c2cccnc2)c1. The van der Waals surface area contributed by atoms with Crippen molar-refractivity contribution in [2.75, 3.05) is 7.11 Å². The molecular weight excluding hydrogens is 252 g/mol. The second-order valence-electron chi connectivity index (χ2n) is 4.82. The summed E-state index contributed by atoms with van der Waals surface area (Å²) in [5.41, 5.74) is 1.93. The van der Waals surface area contributed by atoms with E-state index in [-0.39, 0.29) is 17.8 Å². The Hall–Kier alpha value is -2.07. The number of nitrogens with zero attached hydrogens (tertiary/aromatic N) is 1. The number of hydrogen-bond donors (Lipinski definition) is 2. The molecule has 4 heteroatoms. The number of methoxy groups -OCH3 is 1. The monoisotopic (exact) mass is 272 g/mol. The Kier molecular flexibility index (Phi) is 4.58. The average Bonchev–Trinajstić information content (AvgIpc) is 2.48. The molecule has 0 aliphatic heterocycles. The third kappa shape index (κ3) is 3.27. The van der Waals surface area contributed by atoms with Gasteiger partial charge in [0.1, 0.15) is 11.5 Å². The van der Waals surface area contributed by atoms with Gasteiger partial charge in [-0.05, 0) is 43.7 Å². The molecular formula is C16H20N2O2. The van der Waals surface area contributed by atoms with Crippen LogP contribution in [0.2, 0.25) is 0 Å². The molecule has 1 unspecified atom stereocenters. The topological polar surface area (TPSA) is 54.4 Å². The van der Waals surface area contributed by atoms with E-state index in [1.807, 2.05) is 31.3 Å². The number of phenols is 1. The van der Waals surface area contributed by atoms with Crippen molar-refractivity contribution in [2.24, 2.45) is 0 Å². The van der Waals surface area contributed by atoms with Gasteiger partial charge < -0.3 is 15.2 Å². The molecule has 2 rings (SSSR count). The Morgan fingerprint density at radius 2 is 2.00 bits per heavy atom. The summed E-state index contributed by atoms with van der Waals surface area (Å²) in [5.74, 6) is 1.00. The highest BCUT2D eigenvalue weighted by molar-refractivity contribution is 5.41. The van der Waals surface area contributed by atoms with Crippen LogP contribution in [-0.4, -0.2) is 17.2 Å². The Morgan fingerprint density at radius 1 is 1.20 bits per heavy atom. The summed E-state index contributed by atoms with van der Waals surface area (Å²) in [5, 5.41) is 13.4. The van der Waals surface area contributed by atoms with Crippen LogP contribution in [0.5, 0.6) is 11.5 Å². The molecule has 106 valence electrons. The average molecular weight is 272 g/mol. The van der Waals surface area contributed by atoms with Crippen molar-refractivity contribution in [3.05, 3.63) is 53.9 Å². The molecule has 0 aliphatic rings. The number of ether oxygens (including phenoxy) is 1. The van der Waals surface area contributed by atoms with E-state index >= 15 is 0 Å². The molecule has 20 heavy (non-hydrogen) atoms. The van der Waals surface area contributed by atoms with Crippen LogP contribution in [-0.2, 0) is 0 Å². The van der Waals surface area contributed by atoms with Gasteiger partial charge in [-0.15, -0.1) is 0 Å². The molecule has 0 amide bonds. The molecule has 0 aliphatic carbocycles. The van der Waals surface area contributed by atoms with Crippen molar-refractivity contribution in [1.29, 1.82) is 0 Å². The first-order valence-electron chi connectivity index (χ1n) is 6.64. The zero-order valence-corrected chi connectivity index (χ0v) is 12.0. The van der Waals surface area contributed by atoms with Gasteiger partial charge in [-0.1, -0.05) is 6.07 Å². The molecule has 2 atom stereocenters. The summed E-state index contributed by atoms with van der Waals surface area (Å²) in [6.07, 6.45) is 3.60. The number of aromatic nitrogens is 1. The smallest absolute Gasteiger partial charge is 0.120 e. The number of pyridine rings is 1. The molecule has 2 aromatic rings. The van der Waals surface area contributed by atoms with E-state index in [1.54, 1.807) is 25.4 Å².